The number of thiophene rings is 1. The second-order valence-corrected chi connectivity index (χ2v) is 6.34. The Labute approximate surface area is 96.6 Å². The van der Waals surface area contributed by atoms with Gasteiger partial charge in [0.25, 0.3) is 0 Å². The predicted octanol–water partition coefficient (Wildman–Crippen LogP) is 4.27. The molecule has 1 aliphatic rings. The Balaban J connectivity index is 1.95. The lowest BCUT2D eigenvalue weighted by molar-refractivity contribution is 0.0966. The first kappa shape index (κ1) is 10.4. The van der Waals surface area contributed by atoms with Gasteiger partial charge in [0.2, 0.25) is 0 Å². The molecule has 0 amide bonds. The Morgan fingerprint density at radius 3 is 2.71 bits per heavy atom. The Bertz CT molecular complexity index is 326. The van der Waals surface area contributed by atoms with Crippen LogP contribution < -0.4 is 0 Å². The summed E-state index contributed by atoms with van der Waals surface area (Å²) in [5.74, 6) is 0.982. The van der Waals surface area contributed by atoms with Crippen molar-refractivity contribution in [2.24, 2.45) is 5.92 Å². The van der Waals surface area contributed by atoms with E-state index in [9.17, 15) is 4.79 Å². The summed E-state index contributed by atoms with van der Waals surface area (Å²) < 4.78 is 1.05. The van der Waals surface area contributed by atoms with E-state index < -0.39 is 0 Å². The molecule has 1 aliphatic carbocycles. The summed E-state index contributed by atoms with van der Waals surface area (Å²) in [6.45, 7) is 0. The van der Waals surface area contributed by atoms with Crippen LogP contribution in [0.15, 0.2) is 15.9 Å². The van der Waals surface area contributed by atoms with Gasteiger partial charge >= 0.3 is 0 Å². The summed E-state index contributed by atoms with van der Waals surface area (Å²) in [4.78, 5) is 12.7. The molecule has 14 heavy (non-hydrogen) atoms. The van der Waals surface area contributed by atoms with Gasteiger partial charge in [0.15, 0.2) is 5.78 Å². The van der Waals surface area contributed by atoms with Gasteiger partial charge in [-0.15, -0.1) is 11.3 Å². The number of hydrogen-bond donors (Lipinski definition) is 0. The molecule has 1 saturated carbocycles. The molecular formula is C11H13BrOS. The Kier molecular flexibility index (Phi) is 3.39. The van der Waals surface area contributed by atoms with Crippen LogP contribution in [0.5, 0.6) is 0 Å². The summed E-state index contributed by atoms with van der Waals surface area (Å²) >= 11 is 4.93. The third-order valence-corrected chi connectivity index (χ3v) is 4.46. The lowest BCUT2D eigenvalue weighted by Crippen LogP contribution is -2.03. The zero-order valence-corrected chi connectivity index (χ0v) is 10.4. The number of carbonyl (C=O) groups is 1. The fourth-order valence-electron chi connectivity index (χ4n) is 2.04. The van der Waals surface area contributed by atoms with E-state index in [1.54, 1.807) is 11.3 Å². The van der Waals surface area contributed by atoms with E-state index in [1.807, 2.05) is 12.1 Å². The third-order valence-electron chi connectivity index (χ3n) is 2.80. The number of carbonyl (C=O) groups excluding carboxylic acids is 1. The molecule has 0 aliphatic heterocycles. The lowest BCUT2D eigenvalue weighted by Gasteiger charge is -2.05. The summed E-state index contributed by atoms with van der Waals surface area (Å²) in [7, 11) is 0. The van der Waals surface area contributed by atoms with Crippen molar-refractivity contribution in [2.45, 2.75) is 32.1 Å². The van der Waals surface area contributed by atoms with Crippen LogP contribution in [0.2, 0.25) is 0 Å². The van der Waals surface area contributed by atoms with Crippen molar-refractivity contribution in [1.82, 2.24) is 0 Å². The second-order valence-electron chi connectivity index (χ2n) is 3.88. The molecule has 2 rings (SSSR count). The van der Waals surface area contributed by atoms with Crippen LogP contribution in [0.4, 0.5) is 0 Å². The molecule has 0 N–H and O–H groups in total. The topological polar surface area (TPSA) is 17.1 Å². The zero-order valence-electron chi connectivity index (χ0n) is 7.96. The van der Waals surface area contributed by atoms with Crippen LogP contribution in [0.25, 0.3) is 0 Å². The first-order valence-corrected chi connectivity index (χ1v) is 6.65. The summed E-state index contributed by atoms with van der Waals surface area (Å²) in [6.07, 6.45) is 5.88. The average Bonchev–Trinajstić information content (AvgIpc) is 2.75. The minimum Gasteiger partial charge on any atom is -0.293 e. The average molecular weight is 273 g/mol. The van der Waals surface area contributed by atoms with Gasteiger partial charge in [-0.25, -0.2) is 0 Å². The highest BCUT2D eigenvalue weighted by molar-refractivity contribution is 9.11. The fraction of sp³-hybridized carbons (Fsp3) is 0.545. The first-order chi connectivity index (χ1) is 6.75. The van der Waals surface area contributed by atoms with Crippen LogP contribution in [-0.4, -0.2) is 5.78 Å². The maximum atomic E-state index is 11.8. The van der Waals surface area contributed by atoms with Crippen LogP contribution in [0.1, 0.15) is 41.8 Å². The number of rotatable bonds is 3. The van der Waals surface area contributed by atoms with Gasteiger partial charge in [0, 0.05) is 6.42 Å². The number of ketones is 1. The van der Waals surface area contributed by atoms with Crippen LogP contribution >= 0.6 is 27.3 Å². The number of hydrogen-bond acceptors (Lipinski definition) is 2. The van der Waals surface area contributed by atoms with Gasteiger partial charge in [-0.2, -0.15) is 0 Å². The van der Waals surface area contributed by atoms with Crippen molar-refractivity contribution < 1.29 is 4.79 Å². The van der Waals surface area contributed by atoms with E-state index >= 15 is 0 Å². The highest BCUT2D eigenvalue weighted by Gasteiger charge is 2.19. The van der Waals surface area contributed by atoms with Gasteiger partial charge in [-0.1, -0.05) is 25.7 Å². The summed E-state index contributed by atoms with van der Waals surface area (Å²) in [5, 5.41) is 0. The standard InChI is InChI=1S/C11H13BrOS/c12-11-6-5-10(14-11)9(13)7-8-3-1-2-4-8/h5-6,8H,1-4,7H2. The first-order valence-electron chi connectivity index (χ1n) is 5.04. The molecule has 76 valence electrons. The summed E-state index contributed by atoms with van der Waals surface area (Å²) in [6, 6.07) is 3.87. The summed E-state index contributed by atoms with van der Waals surface area (Å²) in [5.41, 5.74) is 0. The van der Waals surface area contributed by atoms with E-state index in [4.69, 9.17) is 0 Å². The van der Waals surface area contributed by atoms with Gasteiger partial charge in [-0.05, 0) is 34.0 Å². The van der Waals surface area contributed by atoms with Crippen LogP contribution in [-0.2, 0) is 0 Å². The SMILES string of the molecule is O=C(CC1CCCC1)c1ccc(Br)s1. The minimum absolute atomic E-state index is 0.326. The quantitative estimate of drug-likeness (QED) is 0.751. The molecule has 0 bridgehead atoms. The fourth-order valence-corrected chi connectivity index (χ4v) is 3.38. The van der Waals surface area contributed by atoms with E-state index in [1.165, 1.54) is 25.7 Å². The van der Waals surface area contributed by atoms with Gasteiger partial charge in [0.1, 0.15) is 0 Å². The maximum absolute atomic E-state index is 11.8. The third kappa shape index (κ3) is 2.45. The van der Waals surface area contributed by atoms with Crippen molar-refractivity contribution in [1.29, 1.82) is 0 Å². The van der Waals surface area contributed by atoms with Crippen molar-refractivity contribution in [2.75, 3.05) is 0 Å². The van der Waals surface area contributed by atoms with Crippen LogP contribution in [0.3, 0.4) is 0 Å². The Morgan fingerprint density at radius 1 is 1.43 bits per heavy atom. The molecule has 0 atom stereocenters. The molecule has 3 heteroatoms. The molecular weight excluding hydrogens is 260 g/mol. The molecule has 0 unspecified atom stereocenters. The van der Waals surface area contributed by atoms with Gasteiger partial charge in [0.05, 0.1) is 8.66 Å². The largest absolute Gasteiger partial charge is 0.293 e. The maximum Gasteiger partial charge on any atom is 0.173 e. The molecule has 0 saturated heterocycles. The van der Waals surface area contributed by atoms with E-state index in [0.717, 1.165) is 15.1 Å². The van der Waals surface area contributed by atoms with Crippen molar-refractivity contribution >= 4 is 33.0 Å². The molecule has 1 aromatic heterocycles. The molecule has 1 heterocycles. The monoisotopic (exact) mass is 272 g/mol. The zero-order chi connectivity index (χ0) is 9.97. The number of Topliss-reactive ketones (excluding diaryl/α,β-unsaturated/α-hetero) is 1. The van der Waals surface area contributed by atoms with Gasteiger partial charge < -0.3 is 0 Å². The van der Waals surface area contributed by atoms with Crippen molar-refractivity contribution in [3.8, 4) is 0 Å². The lowest BCUT2D eigenvalue weighted by atomic mass is 10.0. The molecule has 0 radical (unpaired) electrons. The molecule has 1 nitrogen and oxygen atoms in total. The number of halogens is 1. The van der Waals surface area contributed by atoms with Crippen molar-refractivity contribution in [3.63, 3.8) is 0 Å². The Hall–Kier alpha value is -0.150. The highest BCUT2D eigenvalue weighted by atomic mass is 79.9. The highest BCUT2D eigenvalue weighted by Crippen LogP contribution is 2.30. The van der Waals surface area contributed by atoms with E-state index in [-0.39, 0.29) is 0 Å². The molecule has 1 fully saturated rings. The van der Waals surface area contributed by atoms with E-state index in [2.05, 4.69) is 15.9 Å². The van der Waals surface area contributed by atoms with Gasteiger partial charge in [-0.3, -0.25) is 4.79 Å². The smallest absolute Gasteiger partial charge is 0.173 e. The minimum atomic E-state index is 0.326. The van der Waals surface area contributed by atoms with Crippen molar-refractivity contribution in [3.05, 3.63) is 20.8 Å². The Morgan fingerprint density at radius 2 is 2.14 bits per heavy atom. The molecule has 0 spiro atoms. The normalized spacial score (nSPS) is 17.5. The predicted molar refractivity (Wildman–Crippen MR) is 62.9 cm³/mol. The second kappa shape index (κ2) is 4.58. The molecule has 1 aromatic rings. The van der Waals surface area contributed by atoms with E-state index in [0.29, 0.717) is 11.7 Å². The molecule has 0 aromatic carbocycles. The van der Waals surface area contributed by atoms with Crippen LogP contribution in [0, 0.1) is 5.92 Å².